The highest BCUT2D eigenvalue weighted by Gasteiger charge is 2.17. The first kappa shape index (κ1) is 11.8. The number of nitrogens with zero attached hydrogens (tertiary/aromatic N) is 1. The second-order valence-electron chi connectivity index (χ2n) is 4.34. The summed E-state index contributed by atoms with van der Waals surface area (Å²) >= 11 is 0. The summed E-state index contributed by atoms with van der Waals surface area (Å²) in [4.78, 5) is 9.90. The average Bonchev–Trinajstić information content (AvgIpc) is 2.21. The van der Waals surface area contributed by atoms with E-state index in [0.717, 1.165) is 12.5 Å². The largest absolute Gasteiger partial charge is 0.493 e. The summed E-state index contributed by atoms with van der Waals surface area (Å²) in [5.41, 5.74) is -0.274. The quantitative estimate of drug-likeness (QED) is 0.585. The van der Waals surface area contributed by atoms with Crippen LogP contribution in [0.15, 0.2) is 18.2 Å². The van der Waals surface area contributed by atoms with E-state index in [0.29, 0.717) is 12.5 Å². The lowest BCUT2D eigenvalue weighted by Crippen LogP contribution is -2.14. The summed E-state index contributed by atoms with van der Waals surface area (Å²) in [5, 5.41) is 10.5. The molecule has 1 aliphatic carbocycles. The Morgan fingerprint density at radius 2 is 2.18 bits per heavy atom. The minimum Gasteiger partial charge on any atom is -0.493 e. The van der Waals surface area contributed by atoms with Crippen LogP contribution in [0.4, 0.5) is 10.1 Å². The van der Waals surface area contributed by atoms with Crippen molar-refractivity contribution in [1.29, 1.82) is 0 Å². The summed E-state index contributed by atoms with van der Waals surface area (Å²) in [7, 11) is 0. The Hall–Kier alpha value is -1.65. The van der Waals surface area contributed by atoms with E-state index in [1.807, 2.05) is 0 Å². The van der Waals surface area contributed by atoms with Crippen LogP contribution < -0.4 is 4.74 Å². The van der Waals surface area contributed by atoms with E-state index >= 15 is 0 Å². The molecule has 0 atom stereocenters. The van der Waals surface area contributed by atoms with Gasteiger partial charge in [0.25, 0.3) is 5.69 Å². The Balaban J connectivity index is 1.92. The molecule has 0 N–H and O–H groups in total. The summed E-state index contributed by atoms with van der Waals surface area (Å²) in [6.07, 6.45) is 4.67. The Labute approximate surface area is 98.5 Å². The Kier molecular flexibility index (Phi) is 3.56. The molecule has 4 nitrogen and oxygen atoms in total. The van der Waals surface area contributed by atoms with Gasteiger partial charge in [-0.15, -0.1) is 0 Å². The first-order valence-electron chi connectivity index (χ1n) is 5.73. The van der Waals surface area contributed by atoms with E-state index in [1.165, 1.54) is 31.4 Å². The molecule has 1 saturated carbocycles. The number of nitro benzene ring substituents is 1. The first-order chi connectivity index (χ1) is 8.15. The fourth-order valence-corrected chi connectivity index (χ4v) is 1.86. The second-order valence-corrected chi connectivity index (χ2v) is 4.34. The van der Waals surface area contributed by atoms with E-state index in [2.05, 4.69) is 0 Å². The fraction of sp³-hybridized carbons (Fsp3) is 0.500. The van der Waals surface area contributed by atoms with Crippen molar-refractivity contribution >= 4 is 5.69 Å². The van der Waals surface area contributed by atoms with Gasteiger partial charge >= 0.3 is 0 Å². The maximum Gasteiger partial charge on any atom is 0.276 e. The van der Waals surface area contributed by atoms with Crippen LogP contribution in [0.25, 0.3) is 0 Å². The lowest BCUT2D eigenvalue weighted by molar-refractivity contribution is -0.385. The lowest BCUT2D eigenvalue weighted by atomic mass is 9.83. The SMILES string of the molecule is O=[N+]([O-])c1cc(F)cc(OCCC2CCC2)c1. The predicted octanol–water partition coefficient (Wildman–Crippen LogP) is 3.30. The van der Waals surface area contributed by atoms with E-state index in [1.54, 1.807) is 0 Å². The molecule has 17 heavy (non-hydrogen) atoms. The molecule has 1 fully saturated rings. The summed E-state index contributed by atoms with van der Waals surface area (Å²) in [6, 6.07) is 3.32. The predicted molar refractivity (Wildman–Crippen MR) is 60.5 cm³/mol. The zero-order valence-corrected chi connectivity index (χ0v) is 9.39. The third kappa shape index (κ3) is 3.15. The highest BCUT2D eigenvalue weighted by atomic mass is 19.1. The Morgan fingerprint density at radius 3 is 2.76 bits per heavy atom. The van der Waals surface area contributed by atoms with Gasteiger partial charge < -0.3 is 4.74 Å². The lowest BCUT2D eigenvalue weighted by Gasteiger charge is -2.24. The van der Waals surface area contributed by atoms with Crippen LogP contribution in [0.2, 0.25) is 0 Å². The first-order valence-corrected chi connectivity index (χ1v) is 5.73. The van der Waals surface area contributed by atoms with Gasteiger partial charge in [0.05, 0.1) is 23.7 Å². The zero-order chi connectivity index (χ0) is 12.3. The third-order valence-electron chi connectivity index (χ3n) is 3.09. The fourth-order valence-electron chi connectivity index (χ4n) is 1.86. The monoisotopic (exact) mass is 239 g/mol. The van der Waals surface area contributed by atoms with Crippen molar-refractivity contribution in [2.45, 2.75) is 25.7 Å². The van der Waals surface area contributed by atoms with Crippen LogP contribution in [0, 0.1) is 21.8 Å². The zero-order valence-electron chi connectivity index (χ0n) is 9.39. The van der Waals surface area contributed by atoms with Crippen molar-refractivity contribution in [3.05, 3.63) is 34.1 Å². The normalized spacial score (nSPS) is 15.4. The van der Waals surface area contributed by atoms with Gasteiger partial charge in [0.1, 0.15) is 11.6 Å². The molecule has 0 spiro atoms. The van der Waals surface area contributed by atoms with Crippen molar-refractivity contribution in [1.82, 2.24) is 0 Å². The molecule has 1 aromatic rings. The second kappa shape index (κ2) is 5.12. The van der Waals surface area contributed by atoms with Gasteiger partial charge in [-0.1, -0.05) is 19.3 Å². The molecular formula is C12H14FNO3. The van der Waals surface area contributed by atoms with E-state index < -0.39 is 10.7 Å². The van der Waals surface area contributed by atoms with Gasteiger partial charge in [0, 0.05) is 6.07 Å². The molecule has 1 aromatic carbocycles. The van der Waals surface area contributed by atoms with Gasteiger partial charge in [-0.3, -0.25) is 10.1 Å². The highest BCUT2D eigenvalue weighted by molar-refractivity contribution is 5.38. The molecule has 5 heteroatoms. The van der Waals surface area contributed by atoms with Crippen LogP contribution in [0.1, 0.15) is 25.7 Å². The molecule has 0 aliphatic heterocycles. The summed E-state index contributed by atoms with van der Waals surface area (Å²) < 4.78 is 18.4. The van der Waals surface area contributed by atoms with Crippen LogP contribution in [-0.2, 0) is 0 Å². The van der Waals surface area contributed by atoms with Crippen molar-refractivity contribution in [3.63, 3.8) is 0 Å². The summed E-state index contributed by atoms with van der Waals surface area (Å²) in [5.74, 6) is 0.299. The minimum absolute atomic E-state index is 0.232. The number of rotatable bonds is 5. The third-order valence-corrected chi connectivity index (χ3v) is 3.09. The van der Waals surface area contributed by atoms with Gasteiger partial charge in [-0.05, 0) is 12.3 Å². The molecule has 2 rings (SSSR count). The van der Waals surface area contributed by atoms with Crippen LogP contribution in [-0.4, -0.2) is 11.5 Å². The van der Waals surface area contributed by atoms with Gasteiger partial charge in [-0.25, -0.2) is 4.39 Å². The van der Waals surface area contributed by atoms with Crippen LogP contribution in [0.5, 0.6) is 5.75 Å². The molecule has 0 bridgehead atoms. The smallest absolute Gasteiger partial charge is 0.276 e. The molecule has 0 aromatic heterocycles. The molecular weight excluding hydrogens is 225 g/mol. The maximum absolute atomic E-state index is 13.1. The van der Waals surface area contributed by atoms with Gasteiger partial charge in [0.15, 0.2) is 0 Å². The molecule has 1 aliphatic rings. The molecule has 0 saturated heterocycles. The Bertz CT molecular complexity index is 418. The number of nitro groups is 1. The van der Waals surface area contributed by atoms with E-state index in [9.17, 15) is 14.5 Å². The number of hydrogen-bond donors (Lipinski definition) is 0. The number of benzene rings is 1. The molecule has 0 radical (unpaired) electrons. The molecule has 0 unspecified atom stereocenters. The van der Waals surface area contributed by atoms with Crippen LogP contribution >= 0.6 is 0 Å². The maximum atomic E-state index is 13.1. The standard InChI is InChI=1S/C12H14FNO3/c13-10-6-11(14(15)16)8-12(7-10)17-5-4-9-2-1-3-9/h6-9H,1-5H2. The molecule has 92 valence electrons. The van der Waals surface area contributed by atoms with Gasteiger partial charge in [-0.2, -0.15) is 0 Å². The van der Waals surface area contributed by atoms with Crippen molar-refractivity contribution in [2.24, 2.45) is 5.92 Å². The van der Waals surface area contributed by atoms with Crippen molar-refractivity contribution in [2.75, 3.05) is 6.61 Å². The topological polar surface area (TPSA) is 52.4 Å². The minimum atomic E-state index is -0.641. The number of non-ortho nitro benzene ring substituents is 1. The number of ether oxygens (including phenoxy) is 1. The number of hydrogen-bond acceptors (Lipinski definition) is 3. The average molecular weight is 239 g/mol. The van der Waals surface area contributed by atoms with E-state index in [-0.39, 0.29) is 11.4 Å². The number of halogens is 1. The summed E-state index contributed by atoms with van der Waals surface area (Å²) in [6.45, 7) is 0.491. The van der Waals surface area contributed by atoms with E-state index in [4.69, 9.17) is 4.74 Å². The van der Waals surface area contributed by atoms with Crippen molar-refractivity contribution in [3.8, 4) is 5.75 Å². The Morgan fingerprint density at radius 1 is 1.41 bits per heavy atom. The van der Waals surface area contributed by atoms with Gasteiger partial charge in [0.2, 0.25) is 0 Å². The van der Waals surface area contributed by atoms with Crippen molar-refractivity contribution < 1.29 is 14.1 Å². The molecule has 0 amide bonds. The van der Waals surface area contributed by atoms with Crippen LogP contribution in [0.3, 0.4) is 0 Å². The highest BCUT2D eigenvalue weighted by Crippen LogP contribution is 2.29. The molecule has 0 heterocycles.